The Morgan fingerprint density at radius 3 is 2.70 bits per heavy atom. The summed E-state index contributed by atoms with van der Waals surface area (Å²) in [5.41, 5.74) is 0.316. The fraction of sp³-hybridized carbons (Fsp3) is 0.529. The van der Waals surface area contributed by atoms with E-state index in [1.165, 1.54) is 0 Å². The van der Waals surface area contributed by atoms with Crippen LogP contribution in [-0.2, 0) is 4.79 Å². The van der Waals surface area contributed by atoms with E-state index in [1.54, 1.807) is 30.0 Å². The van der Waals surface area contributed by atoms with Crippen molar-refractivity contribution in [2.45, 2.75) is 41.9 Å². The lowest BCUT2D eigenvalue weighted by Crippen LogP contribution is -2.49. The number of aliphatic carboxylic acids is 1. The third-order valence-electron chi connectivity index (χ3n) is 4.94. The van der Waals surface area contributed by atoms with Gasteiger partial charge in [0.1, 0.15) is 6.04 Å². The molecule has 1 aliphatic carbocycles. The van der Waals surface area contributed by atoms with E-state index in [4.69, 9.17) is 5.11 Å². The second-order valence-electron chi connectivity index (χ2n) is 6.44. The maximum absolute atomic E-state index is 11.2. The number of benzene rings is 1. The van der Waals surface area contributed by atoms with Crippen LogP contribution in [0.25, 0.3) is 0 Å². The third kappa shape index (κ3) is 3.87. The molecule has 1 aromatic rings. The molecular formula is C17H21NO4S. The number of carboxylic acid groups (broad SMARTS) is 2. The zero-order valence-electron chi connectivity index (χ0n) is 12.8. The molecule has 0 unspecified atom stereocenters. The summed E-state index contributed by atoms with van der Waals surface area (Å²) in [6, 6.07) is 6.64. The zero-order valence-corrected chi connectivity index (χ0v) is 13.6. The first kappa shape index (κ1) is 16.3. The number of thioether (sulfide) groups is 1. The van der Waals surface area contributed by atoms with Crippen molar-refractivity contribution in [1.29, 1.82) is 0 Å². The van der Waals surface area contributed by atoms with Gasteiger partial charge in [-0.3, -0.25) is 4.79 Å². The van der Waals surface area contributed by atoms with E-state index in [-0.39, 0.29) is 0 Å². The van der Waals surface area contributed by atoms with Gasteiger partial charge in [0.2, 0.25) is 0 Å². The Labute approximate surface area is 139 Å². The highest BCUT2D eigenvalue weighted by Gasteiger charge is 2.37. The van der Waals surface area contributed by atoms with Gasteiger partial charge < -0.3 is 15.5 Å². The number of carbonyl (C=O) groups is 2. The van der Waals surface area contributed by atoms with Gasteiger partial charge >= 0.3 is 11.9 Å². The smallest absolute Gasteiger partial charge is 0.335 e. The highest BCUT2D eigenvalue weighted by molar-refractivity contribution is 8.00. The van der Waals surface area contributed by atoms with Crippen molar-refractivity contribution < 1.29 is 19.8 Å². The van der Waals surface area contributed by atoms with Crippen molar-refractivity contribution in [2.75, 3.05) is 6.54 Å². The minimum Gasteiger partial charge on any atom is -0.480 e. The Hall–Kier alpha value is -1.53. The lowest BCUT2D eigenvalue weighted by molar-refractivity contribution is -0.141. The first-order chi connectivity index (χ1) is 11.0. The fourth-order valence-corrected chi connectivity index (χ4v) is 5.05. The van der Waals surface area contributed by atoms with Crippen molar-refractivity contribution in [3.05, 3.63) is 29.8 Å². The molecule has 5 nitrogen and oxygen atoms in total. The maximum Gasteiger partial charge on any atom is 0.335 e. The molecule has 0 amide bonds. The predicted octanol–water partition coefficient (Wildman–Crippen LogP) is 2.71. The molecule has 1 saturated heterocycles. The zero-order chi connectivity index (χ0) is 16.4. The molecule has 2 fully saturated rings. The second kappa shape index (κ2) is 6.93. The molecule has 0 aromatic heterocycles. The highest BCUT2D eigenvalue weighted by Crippen LogP contribution is 2.42. The normalized spacial score (nSPS) is 30.4. The predicted molar refractivity (Wildman–Crippen MR) is 87.9 cm³/mol. The van der Waals surface area contributed by atoms with E-state index >= 15 is 0 Å². The van der Waals surface area contributed by atoms with Crippen molar-refractivity contribution >= 4 is 23.7 Å². The molecule has 2 aliphatic rings. The highest BCUT2D eigenvalue weighted by atomic mass is 32.2. The average Bonchev–Trinajstić information content (AvgIpc) is 2.54. The van der Waals surface area contributed by atoms with Gasteiger partial charge in [0.15, 0.2) is 0 Å². The van der Waals surface area contributed by atoms with E-state index < -0.39 is 18.0 Å². The lowest BCUT2D eigenvalue weighted by atomic mass is 9.73. The summed E-state index contributed by atoms with van der Waals surface area (Å²) in [4.78, 5) is 23.2. The van der Waals surface area contributed by atoms with E-state index in [9.17, 15) is 14.7 Å². The van der Waals surface area contributed by atoms with Crippen LogP contribution in [0.1, 0.15) is 36.0 Å². The van der Waals surface area contributed by atoms with Crippen molar-refractivity contribution in [2.24, 2.45) is 11.8 Å². The van der Waals surface area contributed by atoms with Crippen molar-refractivity contribution in [3.8, 4) is 0 Å². The van der Waals surface area contributed by atoms with Crippen LogP contribution in [0.5, 0.6) is 0 Å². The van der Waals surface area contributed by atoms with Gasteiger partial charge in [-0.25, -0.2) is 4.79 Å². The summed E-state index contributed by atoms with van der Waals surface area (Å²) in [5, 5.41) is 21.8. The van der Waals surface area contributed by atoms with Crippen LogP contribution in [0.15, 0.2) is 29.2 Å². The number of aromatic carboxylic acids is 1. The quantitative estimate of drug-likeness (QED) is 0.784. The minimum atomic E-state index is -0.904. The van der Waals surface area contributed by atoms with Crippen LogP contribution >= 0.6 is 11.8 Å². The fourth-order valence-electron chi connectivity index (χ4n) is 3.71. The summed E-state index contributed by atoms with van der Waals surface area (Å²) < 4.78 is 0. The molecule has 1 aliphatic heterocycles. The van der Waals surface area contributed by atoms with Crippen LogP contribution in [0.2, 0.25) is 0 Å². The number of nitrogens with one attached hydrogen (secondary N) is 1. The Kier molecular flexibility index (Phi) is 4.92. The summed E-state index contributed by atoms with van der Waals surface area (Å²) in [7, 11) is 0. The monoisotopic (exact) mass is 335 g/mol. The largest absolute Gasteiger partial charge is 0.480 e. The molecule has 1 aromatic carbocycles. The average molecular weight is 335 g/mol. The van der Waals surface area contributed by atoms with Gasteiger partial charge in [-0.15, -0.1) is 11.8 Å². The molecule has 1 heterocycles. The number of fused-ring (bicyclic) bond motifs is 1. The maximum atomic E-state index is 11.2. The van der Waals surface area contributed by atoms with Gasteiger partial charge in [-0.05, 0) is 62.3 Å². The van der Waals surface area contributed by atoms with Crippen LogP contribution in [-0.4, -0.2) is 40.0 Å². The van der Waals surface area contributed by atoms with Gasteiger partial charge in [0.25, 0.3) is 0 Å². The minimum absolute atomic E-state index is 0.316. The summed E-state index contributed by atoms with van der Waals surface area (Å²) in [5.74, 6) is -0.634. The topological polar surface area (TPSA) is 86.6 Å². The molecule has 3 N–H and O–H groups in total. The molecule has 23 heavy (non-hydrogen) atoms. The van der Waals surface area contributed by atoms with E-state index in [1.807, 2.05) is 6.07 Å². The number of hydrogen-bond acceptors (Lipinski definition) is 4. The number of piperidine rings is 1. The summed E-state index contributed by atoms with van der Waals surface area (Å²) in [6.45, 7) is 0.799. The van der Waals surface area contributed by atoms with Crippen molar-refractivity contribution in [1.82, 2.24) is 5.32 Å². The standard InChI is InChI=1S/C17H21NO4S/c19-16(20)10-2-1-3-13(6-10)23-14-5-4-11-9-18-15(17(21)22)8-12(11)7-14/h1-3,6,11-12,14-15,18H,4-5,7-9H2,(H,19,20)(H,21,22)/t11-,12+,14-,15-/m0/s1. The lowest BCUT2D eigenvalue weighted by Gasteiger charge is -2.41. The van der Waals surface area contributed by atoms with Crippen LogP contribution in [0, 0.1) is 11.8 Å². The number of rotatable bonds is 4. The molecule has 0 bridgehead atoms. The van der Waals surface area contributed by atoms with Crippen LogP contribution in [0.3, 0.4) is 0 Å². The summed E-state index contributed by atoms with van der Waals surface area (Å²) in [6.07, 6.45) is 3.92. The van der Waals surface area contributed by atoms with Gasteiger partial charge in [-0.2, -0.15) is 0 Å². The molecule has 0 spiro atoms. The second-order valence-corrected chi connectivity index (χ2v) is 7.81. The Balaban J connectivity index is 1.63. The first-order valence-corrected chi connectivity index (χ1v) is 8.87. The SMILES string of the molecule is O=C(O)c1cccc(S[C@H]2CC[C@H]3CN[C@H](C(=O)O)C[C@H]3C2)c1. The van der Waals surface area contributed by atoms with Crippen molar-refractivity contribution in [3.63, 3.8) is 0 Å². The third-order valence-corrected chi connectivity index (χ3v) is 6.23. The van der Waals surface area contributed by atoms with Crippen LogP contribution in [0.4, 0.5) is 0 Å². The van der Waals surface area contributed by atoms with Gasteiger partial charge in [0.05, 0.1) is 5.56 Å². The van der Waals surface area contributed by atoms with E-state index in [0.717, 1.165) is 30.7 Å². The van der Waals surface area contributed by atoms with E-state index in [2.05, 4.69) is 5.32 Å². The Morgan fingerprint density at radius 2 is 1.96 bits per heavy atom. The molecule has 4 atom stereocenters. The summed E-state index contributed by atoms with van der Waals surface area (Å²) >= 11 is 1.73. The van der Waals surface area contributed by atoms with Crippen LogP contribution < -0.4 is 5.32 Å². The molecule has 0 radical (unpaired) electrons. The van der Waals surface area contributed by atoms with Gasteiger partial charge in [-0.1, -0.05) is 6.07 Å². The van der Waals surface area contributed by atoms with Gasteiger partial charge in [0, 0.05) is 10.1 Å². The molecule has 1 saturated carbocycles. The molecular weight excluding hydrogens is 314 g/mol. The number of carboxylic acids is 2. The first-order valence-electron chi connectivity index (χ1n) is 7.99. The Morgan fingerprint density at radius 1 is 1.13 bits per heavy atom. The molecule has 3 rings (SSSR count). The molecule has 124 valence electrons. The molecule has 6 heteroatoms. The number of hydrogen-bond donors (Lipinski definition) is 3. The van der Waals surface area contributed by atoms with E-state index in [0.29, 0.717) is 29.1 Å². The Bertz CT molecular complexity index is 606.